The third-order valence-corrected chi connectivity index (χ3v) is 13.0. The van der Waals surface area contributed by atoms with E-state index in [1.165, 1.54) is 206 Å². The van der Waals surface area contributed by atoms with Crippen LogP contribution in [0.5, 0.6) is 0 Å². The topological polar surface area (TPSA) is 65.1 Å². The molecule has 0 amide bonds. The highest BCUT2D eigenvalue weighted by atomic mass is 16.5. The van der Waals surface area contributed by atoms with Gasteiger partial charge < -0.3 is 19.1 Å². The summed E-state index contributed by atoms with van der Waals surface area (Å²) < 4.78 is 18.0. The molecule has 0 bridgehead atoms. The van der Waals surface area contributed by atoms with Crippen molar-refractivity contribution in [2.75, 3.05) is 39.5 Å². The average Bonchev–Trinajstić information content (AvgIpc) is 3.20. The second-order valence-electron chi connectivity index (χ2n) is 18.2. The van der Waals surface area contributed by atoms with E-state index in [-0.39, 0.29) is 11.9 Å². The molecule has 330 valence electrons. The first-order chi connectivity index (χ1) is 27.6. The summed E-state index contributed by atoms with van der Waals surface area (Å²) in [5, 5.41) is 0. The molecule has 6 heteroatoms. The van der Waals surface area contributed by atoms with Crippen LogP contribution in [0.1, 0.15) is 251 Å². The molecular weight excluding hydrogens is 695 g/mol. The molecule has 0 aliphatic carbocycles. The van der Waals surface area contributed by atoms with Gasteiger partial charge in [-0.1, -0.05) is 174 Å². The van der Waals surface area contributed by atoms with Gasteiger partial charge in [0.2, 0.25) is 0 Å². The maximum absolute atomic E-state index is 12.5. The molecule has 0 aromatic rings. The fourth-order valence-corrected chi connectivity index (χ4v) is 9.13. The molecule has 2 heterocycles. The van der Waals surface area contributed by atoms with Crippen LogP contribution in [0.2, 0.25) is 0 Å². The van der Waals surface area contributed by atoms with E-state index in [0.29, 0.717) is 44.0 Å². The number of carbonyl (C=O) groups is 2. The molecule has 0 spiro atoms. The van der Waals surface area contributed by atoms with Crippen LogP contribution in [0.3, 0.4) is 0 Å². The van der Waals surface area contributed by atoms with Gasteiger partial charge in [-0.15, -0.1) is 0 Å². The Hall–Kier alpha value is -1.14. The minimum atomic E-state index is 0.0110. The highest BCUT2D eigenvalue weighted by molar-refractivity contribution is 5.69. The molecule has 0 aromatic heterocycles. The number of cyclic esters (lactones) is 2. The Morgan fingerprint density at radius 1 is 0.482 bits per heavy atom. The van der Waals surface area contributed by atoms with Crippen LogP contribution in [-0.2, 0) is 23.8 Å². The van der Waals surface area contributed by atoms with Gasteiger partial charge in [-0.05, 0) is 95.7 Å². The van der Waals surface area contributed by atoms with Gasteiger partial charge >= 0.3 is 11.9 Å². The van der Waals surface area contributed by atoms with E-state index in [4.69, 9.17) is 14.2 Å². The maximum Gasteiger partial charge on any atom is 0.305 e. The molecule has 56 heavy (non-hydrogen) atoms. The molecule has 2 unspecified atom stereocenters. The van der Waals surface area contributed by atoms with Crippen LogP contribution < -0.4 is 0 Å². The minimum Gasteiger partial charge on any atom is -0.466 e. The quantitative estimate of drug-likeness (QED) is 0.145. The molecule has 2 atom stereocenters. The lowest BCUT2D eigenvalue weighted by molar-refractivity contribution is -0.145. The molecule has 6 nitrogen and oxygen atoms in total. The van der Waals surface area contributed by atoms with E-state index in [1.807, 2.05) is 0 Å². The fraction of sp³-hybridized carbons (Fsp3) is 0.960. The zero-order chi connectivity index (χ0) is 40.0. The van der Waals surface area contributed by atoms with Crippen molar-refractivity contribution < 1.29 is 23.8 Å². The van der Waals surface area contributed by atoms with Crippen LogP contribution in [0.15, 0.2) is 0 Å². The summed E-state index contributed by atoms with van der Waals surface area (Å²) in [5.41, 5.74) is 0. The average molecular weight is 790 g/mol. The second-order valence-corrected chi connectivity index (χ2v) is 18.2. The molecule has 0 aromatic carbocycles. The standard InChI is InChI=1S/C50H95NO5/c1-3-5-30-46-32-20-17-18-21-33-47(31-6-4-2)39-45-56-50(53)37-25-16-12-8-10-14-23-35-48(54-43-29-28-42-51-40-26-19-27-41-51)34-22-13-9-7-11-15-24-36-49(52)55-44-38-46/h46-48H,3-45H2,1-2H3. The van der Waals surface area contributed by atoms with Gasteiger partial charge in [-0.3, -0.25) is 9.59 Å². The second kappa shape index (κ2) is 38.1. The summed E-state index contributed by atoms with van der Waals surface area (Å²) in [4.78, 5) is 27.6. The lowest BCUT2D eigenvalue weighted by Crippen LogP contribution is -2.30. The summed E-state index contributed by atoms with van der Waals surface area (Å²) in [6, 6.07) is 0. The number of hydrogen-bond acceptors (Lipinski definition) is 6. The molecule has 0 saturated carbocycles. The van der Waals surface area contributed by atoms with Gasteiger partial charge in [0, 0.05) is 19.4 Å². The monoisotopic (exact) mass is 790 g/mol. The van der Waals surface area contributed by atoms with Crippen molar-refractivity contribution in [1.29, 1.82) is 0 Å². The number of hydrogen-bond donors (Lipinski definition) is 0. The van der Waals surface area contributed by atoms with Gasteiger partial charge in [0.25, 0.3) is 0 Å². The first-order valence-electron chi connectivity index (χ1n) is 25.3. The molecule has 0 radical (unpaired) electrons. The number of unbranched alkanes of at least 4 members (excludes halogenated alkanes) is 3. The third kappa shape index (κ3) is 30.9. The third-order valence-electron chi connectivity index (χ3n) is 13.0. The minimum absolute atomic E-state index is 0.0110. The Morgan fingerprint density at radius 2 is 0.893 bits per heavy atom. The number of nitrogens with zero attached hydrogens (tertiary/aromatic N) is 1. The van der Waals surface area contributed by atoms with E-state index >= 15 is 0 Å². The number of carbonyl (C=O) groups excluding carboxylic acids is 2. The largest absolute Gasteiger partial charge is 0.466 e. The summed E-state index contributed by atoms with van der Waals surface area (Å²) in [6.07, 6.45) is 44.8. The molecule has 2 fully saturated rings. The SMILES string of the molecule is CCCCC1CCCCCCC(CCCC)CCOC(=O)CCCCCCCCCC(OCCCCN2CCCCC2)CCCCCCCCCC(=O)OCC1. The van der Waals surface area contributed by atoms with E-state index in [2.05, 4.69) is 18.7 Å². The highest BCUT2D eigenvalue weighted by Gasteiger charge is 2.14. The molecule has 2 aliphatic heterocycles. The summed E-state index contributed by atoms with van der Waals surface area (Å²) in [6.45, 7) is 10.5. The lowest BCUT2D eigenvalue weighted by atomic mass is 9.90. The lowest BCUT2D eigenvalue weighted by Gasteiger charge is -2.26. The van der Waals surface area contributed by atoms with Crippen LogP contribution in [0, 0.1) is 11.8 Å². The van der Waals surface area contributed by atoms with Gasteiger partial charge in [0.05, 0.1) is 19.3 Å². The number of ether oxygens (including phenoxy) is 3. The summed E-state index contributed by atoms with van der Waals surface area (Å²) in [7, 11) is 0. The molecule has 2 aliphatic rings. The Kier molecular flexibility index (Phi) is 34.7. The smallest absolute Gasteiger partial charge is 0.305 e. The zero-order valence-corrected chi connectivity index (χ0v) is 37.6. The van der Waals surface area contributed by atoms with Crippen molar-refractivity contribution in [2.45, 2.75) is 258 Å². The maximum atomic E-state index is 12.5. The van der Waals surface area contributed by atoms with Gasteiger partial charge in [0.1, 0.15) is 0 Å². The summed E-state index contributed by atoms with van der Waals surface area (Å²) >= 11 is 0. The number of esters is 2. The van der Waals surface area contributed by atoms with Gasteiger partial charge in [0.15, 0.2) is 0 Å². The predicted molar refractivity (Wildman–Crippen MR) is 237 cm³/mol. The van der Waals surface area contributed by atoms with E-state index in [0.717, 1.165) is 45.1 Å². The van der Waals surface area contributed by atoms with Crippen LogP contribution in [-0.4, -0.2) is 62.4 Å². The van der Waals surface area contributed by atoms with E-state index < -0.39 is 0 Å². The Bertz CT molecular complexity index is 820. The highest BCUT2D eigenvalue weighted by Crippen LogP contribution is 2.25. The Balaban J connectivity index is 1.78. The van der Waals surface area contributed by atoms with Crippen molar-refractivity contribution >= 4 is 11.9 Å². The normalized spacial score (nSPS) is 25.3. The predicted octanol–water partition coefficient (Wildman–Crippen LogP) is 14.5. The van der Waals surface area contributed by atoms with Crippen molar-refractivity contribution in [1.82, 2.24) is 4.90 Å². The van der Waals surface area contributed by atoms with Crippen molar-refractivity contribution in [3.63, 3.8) is 0 Å². The van der Waals surface area contributed by atoms with E-state index in [9.17, 15) is 9.59 Å². The van der Waals surface area contributed by atoms with Crippen molar-refractivity contribution in [3.05, 3.63) is 0 Å². The fourth-order valence-electron chi connectivity index (χ4n) is 9.13. The molecular formula is C50H95NO5. The number of piperidine rings is 1. The van der Waals surface area contributed by atoms with Crippen LogP contribution >= 0.6 is 0 Å². The van der Waals surface area contributed by atoms with Crippen LogP contribution in [0.25, 0.3) is 0 Å². The Labute approximate surface area is 348 Å². The first kappa shape index (κ1) is 51.0. The molecule has 2 rings (SSSR count). The first-order valence-corrected chi connectivity index (χ1v) is 25.3. The zero-order valence-electron chi connectivity index (χ0n) is 37.6. The Morgan fingerprint density at radius 3 is 1.36 bits per heavy atom. The molecule has 0 N–H and O–H groups in total. The van der Waals surface area contributed by atoms with Gasteiger partial charge in [-0.25, -0.2) is 0 Å². The molecule has 2 saturated heterocycles. The summed E-state index contributed by atoms with van der Waals surface area (Å²) in [5.74, 6) is 1.38. The van der Waals surface area contributed by atoms with Crippen molar-refractivity contribution in [3.8, 4) is 0 Å². The van der Waals surface area contributed by atoms with E-state index in [1.54, 1.807) is 0 Å². The number of rotatable bonds is 12. The van der Waals surface area contributed by atoms with Gasteiger partial charge in [-0.2, -0.15) is 0 Å². The number of likely N-dealkylation sites (tertiary alicyclic amines) is 1. The van der Waals surface area contributed by atoms with Crippen molar-refractivity contribution in [2.24, 2.45) is 11.8 Å². The van der Waals surface area contributed by atoms with Crippen LogP contribution in [0.4, 0.5) is 0 Å².